The van der Waals surface area contributed by atoms with Crippen molar-refractivity contribution in [3.05, 3.63) is 46.2 Å². The Kier molecular flexibility index (Phi) is 4.80. The average Bonchev–Trinajstić information content (AvgIpc) is 3.03. The number of imidazole rings is 1. The molecule has 1 aliphatic heterocycles. The first-order valence-corrected chi connectivity index (χ1v) is 9.64. The number of anilines is 2. The molecular weight excluding hydrogens is 354 g/mol. The van der Waals surface area contributed by atoms with Crippen LogP contribution >= 0.6 is 0 Å². The van der Waals surface area contributed by atoms with Gasteiger partial charge in [-0.2, -0.15) is 9.97 Å². The number of aromatic nitrogens is 4. The predicted molar refractivity (Wildman–Crippen MR) is 112 cm³/mol. The zero-order chi connectivity index (χ0) is 19.8. The lowest BCUT2D eigenvalue weighted by Crippen LogP contribution is -2.44. The maximum absolute atomic E-state index is 13.2. The number of nitrogens with zero attached hydrogens (tertiary/aromatic N) is 6. The molecule has 1 atom stereocenters. The van der Waals surface area contributed by atoms with Gasteiger partial charge in [-0.05, 0) is 18.4 Å². The SMILES string of the molecule is CN(C)c1nc2nc(N3CCC[C@@H](N)C3)n(Cc3ccccc3)c2c(=O)n1C. The molecule has 3 aromatic rings. The Balaban J connectivity index is 1.92. The molecule has 0 aliphatic carbocycles. The van der Waals surface area contributed by atoms with Crippen LogP contribution in [0.5, 0.6) is 0 Å². The van der Waals surface area contributed by atoms with Crippen molar-refractivity contribution >= 4 is 23.1 Å². The van der Waals surface area contributed by atoms with Gasteiger partial charge >= 0.3 is 0 Å². The smallest absolute Gasteiger partial charge is 0.281 e. The molecule has 2 N–H and O–H groups in total. The van der Waals surface area contributed by atoms with E-state index in [9.17, 15) is 4.79 Å². The van der Waals surface area contributed by atoms with Gasteiger partial charge in [0.1, 0.15) is 0 Å². The Morgan fingerprint density at radius 1 is 1.21 bits per heavy atom. The van der Waals surface area contributed by atoms with Crippen LogP contribution in [-0.4, -0.2) is 52.3 Å². The van der Waals surface area contributed by atoms with Gasteiger partial charge in [-0.25, -0.2) is 0 Å². The van der Waals surface area contributed by atoms with Gasteiger partial charge in [0.2, 0.25) is 11.9 Å². The van der Waals surface area contributed by atoms with Gasteiger partial charge in [0, 0.05) is 40.3 Å². The number of nitrogens with two attached hydrogens (primary N) is 1. The molecule has 0 saturated carbocycles. The Morgan fingerprint density at radius 3 is 2.64 bits per heavy atom. The van der Waals surface area contributed by atoms with E-state index in [2.05, 4.69) is 22.0 Å². The molecule has 1 aliphatic rings. The minimum atomic E-state index is -0.0929. The van der Waals surface area contributed by atoms with E-state index in [1.807, 2.05) is 41.8 Å². The summed E-state index contributed by atoms with van der Waals surface area (Å²) in [6.45, 7) is 2.18. The largest absolute Gasteiger partial charge is 0.348 e. The lowest BCUT2D eigenvalue weighted by Gasteiger charge is -2.31. The second-order valence-corrected chi connectivity index (χ2v) is 7.67. The molecule has 8 nitrogen and oxygen atoms in total. The molecule has 2 aromatic heterocycles. The number of piperidine rings is 1. The van der Waals surface area contributed by atoms with Crippen LogP contribution in [0.3, 0.4) is 0 Å². The van der Waals surface area contributed by atoms with E-state index in [1.54, 1.807) is 11.6 Å². The molecule has 0 amide bonds. The number of rotatable bonds is 4. The van der Waals surface area contributed by atoms with Crippen molar-refractivity contribution in [1.82, 2.24) is 19.1 Å². The van der Waals surface area contributed by atoms with E-state index < -0.39 is 0 Å². The summed E-state index contributed by atoms with van der Waals surface area (Å²) in [5.74, 6) is 1.36. The zero-order valence-electron chi connectivity index (χ0n) is 16.7. The van der Waals surface area contributed by atoms with Crippen LogP contribution in [-0.2, 0) is 13.6 Å². The summed E-state index contributed by atoms with van der Waals surface area (Å²) < 4.78 is 3.58. The summed E-state index contributed by atoms with van der Waals surface area (Å²) in [5, 5.41) is 0. The number of hydrogen-bond acceptors (Lipinski definition) is 6. The van der Waals surface area contributed by atoms with Gasteiger partial charge in [0.05, 0.1) is 6.54 Å². The lowest BCUT2D eigenvalue weighted by molar-refractivity contribution is 0.495. The van der Waals surface area contributed by atoms with Crippen LogP contribution in [0, 0.1) is 0 Å². The maximum atomic E-state index is 13.2. The van der Waals surface area contributed by atoms with Gasteiger partial charge in [-0.3, -0.25) is 13.9 Å². The third-order valence-electron chi connectivity index (χ3n) is 5.27. The van der Waals surface area contributed by atoms with Crippen molar-refractivity contribution in [1.29, 1.82) is 0 Å². The fourth-order valence-corrected chi connectivity index (χ4v) is 3.89. The van der Waals surface area contributed by atoms with Crippen LogP contribution in [0.15, 0.2) is 35.1 Å². The molecule has 148 valence electrons. The highest BCUT2D eigenvalue weighted by Crippen LogP contribution is 2.25. The van der Waals surface area contributed by atoms with Crippen molar-refractivity contribution in [2.24, 2.45) is 12.8 Å². The summed E-state index contributed by atoms with van der Waals surface area (Å²) in [5.41, 5.74) is 8.25. The first kappa shape index (κ1) is 18.5. The van der Waals surface area contributed by atoms with E-state index in [4.69, 9.17) is 10.7 Å². The van der Waals surface area contributed by atoms with Crippen LogP contribution in [0.25, 0.3) is 11.2 Å². The summed E-state index contributed by atoms with van der Waals surface area (Å²) in [4.78, 5) is 26.7. The first-order chi connectivity index (χ1) is 13.5. The Morgan fingerprint density at radius 2 is 1.96 bits per heavy atom. The molecular formula is C20H27N7O. The molecule has 0 bridgehead atoms. The highest BCUT2D eigenvalue weighted by atomic mass is 16.1. The molecule has 4 rings (SSSR count). The van der Waals surface area contributed by atoms with Crippen molar-refractivity contribution < 1.29 is 0 Å². The van der Waals surface area contributed by atoms with E-state index >= 15 is 0 Å². The van der Waals surface area contributed by atoms with Crippen LogP contribution in [0.4, 0.5) is 11.9 Å². The van der Waals surface area contributed by atoms with E-state index in [0.29, 0.717) is 23.7 Å². The maximum Gasteiger partial charge on any atom is 0.281 e. The molecule has 28 heavy (non-hydrogen) atoms. The normalized spacial score (nSPS) is 17.3. The van der Waals surface area contributed by atoms with Crippen molar-refractivity contribution in [2.45, 2.75) is 25.4 Å². The van der Waals surface area contributed by atoms with Gasteiger partial charge < -0.3 is 15.5 Å². The Hall–Kier alpha value is -2.87. The second kappa shape index (κ2) is 7.27. The van der Waals surface area contributed by atoms with Gasteiger partial charge in [0.15, 0.2) is 11.2 Å². The summed E-state index contributed by atoms with van der Waals surface area (Å²) >= 11 is 0. The summed E-state index contributed by atoms with van der Waals surface area (Å²) in [7, 11) is 5.50. The first-order valence-electron chi connectivity index (χ1n) is 9.64. The van der Waals surface area contributed by atoms with Crippen molar-refractivity contribution in [3.63, 3.8) is 0 Å². The highest BCUT2D eigenvalue weighted by molar-refractivity contribution is 5.76. The van der Waals surface area contributed by atoms with Gasteiger partial charge in [-0.15, -0.1) is 0 Å². The quantitative estimate of drug-likeness (QED) is 0.730. The molecule has 0 spiro atoms. The zero-order valence-corrected chi connectivity index (χ0v) is 16.7. The van der Waals surface area contributed by atoms with E-state index in [1.165, 1.54) is 0 Å². The molecule has 1 fully saturated rings. The van der Waals surface area contributed by atoms with Crippen molar-refractivity contribution in [3.8, 4) is 0 Å². The van der Waals surface area contributed by atoms with Gasteiger partial charge in [0.25, 0.3) is 5.56 Å². The minimum Gasteiger partial charge on any atom is -0.348 e. The van der Waals surface area contributed by atoms with E-state index in [0.717, 1.165) is 37.4 Å². The molecule has 1 saturated heterocycles. The number of fused-ring (bicyclic) bond motifs is 1. The van der Waals surface area contributed by atoms with Crippen LogP contribution in [0.2, 0.25) is 0 Å². The summed E-state index contributed by atoms with van der Waals surface area (Å²) in [6, 6.07) is 10.2. The van der Waals surface area contributed by atoms with Crippen LogP contribution < -0.4 is 21.1 Å². The molecule has 3 heterocycles. The van der Waals surface area contributed by atoms with Gasteiger partial charge in [-0.1, -0.05) is 30.3 Å². The predicted octanol–water partition coefficient (Wildman–Crippen LogP) is 1.17. The van der Waals surface area contributed by atoms with E-state index in [-0.39, 0.29) is 11.6 Å². The molecule has 0 unspecified atom stereocenters. The molecule has 1 aromatic carbocycles. The number of hydrogen-bond donors (Lipinski definition) is 1. The number of benzene rings is 1. The molecule has 8 heteroatoms. The third kappa shape index (κ3) is 3.24. The summed E-state index contributed by atoms with van der Waals surface area (Å²) in [6.07, 6.45) is 2.03. The average molecular weight is 381 g/mol. The second-order valence-electron chi connectivity index (χ2n) is 7.67. The standard InChI is InChI=1S/C20H27N7O/c1-24(2)19-22-17-16(18(28)25(19)3)27(12-14-8-5-4-6-9-14)20(23-17)26-11-7-10-15(21)13-26/h4-6,8-9,15H,7,10-13,21H2,1-3H3/t15-/m1/s1. The fraction of sp³-hybridized carbons (Fsp3) is 0.450. The third-order valence-corrected chi connectivity index (χ3v) is 5.27. The van der Waals surface area contributed by atoms with Crippen LogP contribution in [0.1, 0.15) is 18.4 Å². The lowest BCUT2D eigenvalue weighted by atomic mass is 10.1. The highest BCUT2D eigenvalue weighted by Gasteiger charge is 2.25. The molecule has 0 radical (unpaired) electrons. The monoisotopic (exact) mass is 381 g/mol. The Labute approximate surface area is 164 Å². The topological polar surface area (TPSA) is 85.2 Å². The Bertz CT molecular complexity index is 1040. The minimum absolute atomic E-state index is 0.0929. The fourth-order valence-electron chi connectivity index (χ4n) is 3.89. The van der Waals surface area contributed by atoms with Crippen molar-refractivity contribution in [2.75, 3.05) is 37.0 Å².